The fraction of sp³-hybridized carbons (Fsp3) is 0.714. The van der Waals surface area contributed by atoms with Crippen LogP contribution < -0.4 is 0 Å². The molecule has 1 N–H and O–H groups in total. The van der Waals surface area contributed by atoms with Crippen molar-refractivity contribution < 1.29 is 4.74 Å². The van der Waals surface area contributed by atoms with Crippen LogP contribution in [0.15, 0.2) is 6.07 Å². The van der Waals surface area contributed by atoms with E-state index in [-0.39, 0.29) is 0 Å². The van der Waals surface area contributed by atoms with E-state index in [2.05, 4.69) is 9.97 Å². The van der Waals surface area contributed by atoms with Crippen LogP contribution in [0.1, 0.15) is 56.0 Å². The van der Waals surface area contributed by atoms with Gasteiger partial charge in [0.1, 0.15) is 10.5 Å². The van der Waals surface area contributed by atoms with Gasteiger partial charge in [0.25, 0.3) is 0 Å². The molecule has 2 aliphatic rings. The molecule has 1 saturated carbocycles. The number of aromatic nitrogens is 2. The second-order valence-electron chi connectivity index (χ2n) is 5.44. The van der Waals surface area contributed by atoms with E-state index in [4.69, 9.17) is 17.0 Å². The maximum Gasteiger partial charge on any atom is 0.129 e. The average Bonchev–Trinajstić information content (AvgIpc) is 3.00. The van der Waals surface area contributed by atoms with E-state index in [0.717, 1.165) is 29.9 Å². The fourth-order valence-electron chi connectivity index (χ4n) is 3.10. The molecule has 1 aliphatic carbocycles. The van der Waals surface area contributed by atoms with Gasteiger partial charge in [0.2, 0.25) is 0 Å². The Labute approximate surface area is 113 Å². The summed E-state index contributed by atoms with van der Waals surface area (Å²) < 4.78 is 6.39. The minimum absolute atomic E-state index is 0.335. The molecule has 18 heavy (non-hydrogen) atoms. The van der Waals surface area contributed by atoms with Crippen molar-refractivity contribution in [3.8, 4) is 0 Å². The second-order valence-corrected chi connectivity index (χ2v) is 5.86. The normalized spacial score (nSPS) is 24.8. The number of hydrogen-bond donors (Lipinski definition) is 1. The number of hydrogen-bond acceptors (Lipinski definition) is 3. The van der Waals surface area contributed by atoms with E-state index in [9.17, 15) is 0 Å². The standard InChI is InChI=1S/C14H20N2OS/c18-14-9-12(10-4-1-2-5-10)15-13(16-14)8-11-6-3-7-17-11/h9-11H,1-8H2,(H,15,16,18). The van der Waals surface area contributed by atoms with Gasteiger partial charge < -0.3 is 9.72 Å². The molecule has 0 aromatic carbocycles. The first-order valence-electron chi connectivity index (χ1n) is 7.03. The molecule has 3 nitrogen and oxygen atoms in total. The zero-order valence-electron chi connectivity index (χ0n) is 10.7. The monoisotopic (exact) mass is 264 g/mol. The van der Waals surface area contributed by atoms with Crippen LogP contribution in [0.4, 0.5) is 0 Å². The van der Waals surface area contributed by atoms with Crippen LogP contribution in [0.2, 0.25) is 0 Å². The molecule has 0 amide bonds. The summed E-state index contributed by atoms with van der Waals surface area (Å²) in [6.45, 7) is 0.897. The third-order valence-electron chi connectivity index (χ3n) is 4.05. The van der Waals surface area contributed by atoms with E-state index in [1.165, 1.54) is 37.8 Å². The Bertz CT molecular complexity index is 459. The summed E-state index contributed by atoms with van der Waals surface area (Å²) in [6, 6.07) is 2.05. The van der Waals surface area contributed by atoms with Gasteiger partial charge in [-0.25, -0.2) is 4.98 Å². The molecule has 2 fully saturated rings. The van der Waals surface area contributed by atoms with E-state index >= 15 is 0 Å². The number of rotatable bonds is 3. The van der Waals surface area contributed by atoms with Crippen LogP contribution in [0.3, 0.4) is 0 Å². The van der Waals surface area contributed by atoms with Crippen molar-refractivity contribution in [1.82, 2.24) is 9.97 Å². The Balaban J connectivity index is 1.78. The molecular weight excluding hydrogens is 244 g/mol. The first-order chi connectivity index (χ1) is 8.81. The Morgan fingerprint density at radius 1 is 1.28 bits per heavy atom. The summed E-state index contributed by atoms with van der Waals surface area (Å²) in [4.78, 5) is 7.94. The molecule has 1 atom stereocenters. The lowest BCUT2D eigenvalue weighted by Crippen LogP contribution is -2.13. The molecule has 1 aliphatic heterocycles. The lowest BCUT2D eigenvalue weighted by Gasteiger charge is -2.13. The number of nitrogens with zero attached hydrogens (tertiary/aromatic N) is 1. The van der Waals surface area contributed by atoms with Gasteiger partial charge in [-0.15, -0.1) is 0 Å². The van der Waals surface area contributed by atoms with Crippen molar-refractivity contribution in [2.75, 3.05) is 6.61 Å². The van der Waals surface area contributed by atoms with Gasteiger partial charge in [-0.05, 0) is 37.7 Å². The van der Waals surface area contributed by atoms with Gasteiger partial charge in [0.05, 0.1) is 6.10 Å². The van der Waals surface area contributed by atoms with E-state index < -0.39 is 0 Å². The largest absolute Gasteiger partial charge is 0.378 e. The highest BCUT2D eigenvalue weighted by Gasteiger charge is 2.20. The van der Waals surface area contributed by atoms with Gasteiger partial charge in [-0.1, -0.05) is 25.1 Å². The minimum Gasteiger partial charge on any atom is -0.378 e. The van der Waals surface area contributed by atoms with Crippen molar-refractivity contribution in [2.24, 2.45) is 0 Å². The minimum atomic E-state index is 0.335. The zero-order chi connectivity index (χ0) is 12.4. The van der Waals surface area contributed by atoms with Crippen LogP contribution in [0.25, 0.3) is 0 Å². The molecule has 0 radical (unpaired) electrons. The molecule has 2 heterocycles. The third kappa shape index (κ3) is 2.81. The summed E-state index contributed by atoms with van der Waals surface area (Å²) in [5, 5.41) is 0. The van der Waals surface area contributed by atoms with Crippen molar-refractivity contribution in [3.05, 3.63) is 22.2 Å². The van der Waals surface area contributed by atoms with Crippen molar-refractivity contribution in [1.29, 1.82) is 0 Å². The Morgan fingerprint density at radius 3 is 2.83 bits per heavy atom. The van der Waals surface area contributed by atoms with E-state index in [0.29, 0.717) is 12.0 Å². The van der Waals surface area contributed by atoms with Crippen molar-refractivity contribution in [3.63, 3.8) is 0 Å². The zero-order valence-corrected chi connectivity index (χ0v) is 11.5. The maximum absolute atomic E-state index is 5.67. The SMILES string of the molecule is S=c1cc(C2CCCC2)[nH]c(CC2CCCO2)n1. The first kappa shape index (κ1) is 12.3. The smallest absolute Gasteiger partial charge is 0.129 e. The van der Waals surface area contributed by atoms with Crippen LogP contribution in [0.5, 0.6) is 0 Å². The summed E-state index contributed by atoms with van der Waals surface area (Å²) in [7, 11) is 0. The van der Waals surface area contributed by atoms with Crippen molar-refractivity contribution in [2.45, 2.75) is 57.0 Å². The molecule has 3 rings (SSSR count). The van der Waals surface area contributed by atoms with E-state index in [1.54, 1.807) is 0 Å². The van der Waals surface area contributed by atoms with Gasteiger partial charge in [0, 0.05) is 18.7 Å². The molecule has 0 spiro atoms. The summed E-state index contributed by atoms with van der Waals surface area (Å²) >= 11 is 5.29. The summed E-state index contributed by atoms with van der Waals surface area (Å²) in [6.07, 6.45) is 8.79. The molecular formula is C14H20N2OS. The van der Waals surface area contributed by atoms with Gasteiger partial charge in [-0.2, -0.15) is 0 Å². The fourth-order valence-corrected chi connectivity index (χ4v) is 3.34. The van der Waals surface area contributed by atoms with Gasteiger partial charge in [-0.3, -0.25) is 0 Å². The first-order valence-corrected chi connectivity index (χ1v) is 7.44. The Morgan fingerprint density at radius 2 is 2.11 bits per heavy atom. The lowest BCUT2D eigenvalue weighted by molar-refractivity contribution is 0.110. The number of H-pyrrole nitrogens is 1. The predicted molar refractivity (Wildman–Crippen MR) is 73.3 cm³/mol. The number of ether oxygens (including phenoxy) is 1. The molecule has 1 aromatic rings. The highest BCUT2D eigenvalue weighted by Crippen LogP contribution is 2.33. The molecule has 4 heteroatoms. The van der Waals surface area contributed by atoms with E-state index in [1.807, 2.05) is 6.07 Å². The topological polar surface area (TPSA) is 37.9 Å². The Kier molecular flexibility index (Phi) is 3.75. The summed E-state index contributed by atoms with van der Waals surface area (Å²) in [5.41, 5.74) is 1.29. The van der Waals surface area contributed by atoms with Crippen LogP contribution >= 0.6 is 12.2 Å². The molecule has 0 bridgehead atoms. The van der Waals surface area contributed by atoms with Gasteiger partial charge in [0.15, 0.2) is 0 Å². The highest BCUT2D eigenvalue weighted by atomic mass is 32.1. The maximum atomic E-state index is 5.67. The molecule has 1 aromatic heterocycles. The van der Waals surface area contributed by atoms with Crippen molar-refractivity contribution >= 4 is 12.2 Å². The van der Waals surface area contributed by atoms with Gasteiger partial charge >= 0.3 is 0 Å². The van der Waals surface area contributed by atoms with Crippen LogP contribution in [-0.2, 0) is 11.2 Å². The predicted octanol–water partition coefficient (Wildman–Crippen LogP) is 3.52. The Hall–Kier alpha value is -0.740. The number of aromatic amines is 1. The second kappa shape index (κ2) is 5.49. The average molecular weight is 264 g/mol. The van der Waals surface area contributed by atoms with Crippen LogP contribution in [-0.4, -0.2) is 22.7 Å². The molecule has 1 saturated heterocycles. The molecule has 98 valence electrons. The summed E-state index contributed by atoms with van der Waals surface area (Å²) in [5.74, 6) is 1.68. The van der Waals surface area contributed by atoms with Crippen LogP contribution in [0, 0.1) is 4.64 Å². The lowest BCUT2D eigenvalue weighted by atomic mass is 10.0. The highest BCUT2D eigenvalue weighted by molar-refractivity contribution is 7.71. The number of nitrogens with one attached hydrogen (secondary N) is 1. The molecule has 1 unspecified atom stereocenters. The third-order valence-corrected chi connectivity index (χ3v) is 4.26. The quantitative estimate of drug-likeness (QED) is 0.849.